The smallest absolute Gasteiger partial charge is 0.374 e. The first-order valence-corrected chi connectivity index (χ1v) is 5.17. The standard InChI is InChI=1S/C9H7F7N2O3/c10-7(11,8(12,13)9(14,15)16)3-21-2-4-1-17-6(20)18-5(4)19/h1,4H,2-3H2,(H,18,19,20). The zero-order valence-electron chi connectivity index (χ0n) is 9.89. The number of hydrogen-bond acceptors (Lipinski definition) is 3. The number of amides is 3. The number of nitrogens with one attached hydrogen (secondary N) is 1. The molecule has 1 N–H and O–H groups in total. The minimum Gasteiger partial charge on any atom is -0.374 e. The van der Waals surface area contributed by atoms with Crippen LogP contribution < -0.4 is 5.32 Å². The van der Waals surface area contributed by atoms with Gasteiger partial charge in [-0.05, 0) is 0 Å². The Kier molecular flexibility index (Phi) is 4.60. The van der Waals surface area contributed by atoms with Gasteiger partial charge in [0.05, 0.1) is 12.5 Å². The molecule has 0 aliphatic carbocycles. The van der Waals surface area contributed by atoms with E-state index in [1.54, 1.807) is 5.32 Å². The highest BCUT2D eigenvalue weighted by Crippen LogP contribution is 2.46. The lowest BCUT2D eigenvalue weighted by Crippen LogP contribution is -2.54. The lowest BCUT2D eigenvalue weighted by molar-refractivity contribution is -0.361. The fourth-order valence-electron chi connectivity index (χ4n) is 1.19. The van der Waals surface area contributed by atoms with Crippen LogP contribution in [0, 0.1) is 5.92 Å². The van der Waals surface area contributed by atoms with E-state index in [0.29, 0.717) is 6.21 Å². The summed E-state index contributed by atoms with van der Waals surface area (Å²) in [5, 5.41) is 1.66. The third kappa shape index (κ3) is 3.68. The van der Waals surface area contributed by atoms with Gasteiger partial charge in [-0.25, -0.2) is 9.79 Å². The fourth-order valence-corrected chi connectivity index (χ4v) is 1.19. The molecule has 1 aliphatic heterocycles. The van der Waals surface area contributed by atoms with Crippen molar-refractivity contribution in [3.05, 3.63) is 0 Å². The van der Waals surface area contributed by atoms with Crippen molar-refractivity contribution in [3.8, 4) is 0 Å². The van der Waals surface area contributed by atoms with E-state index >= 15 is 0 Å². The largest absolute Gasteiger partial charge is 0.459 e. The van der Waals surface area contributed by atoms with Gasteiger partial charge < -0.3 is 4.74 Å². The summed E-state index contributed by atoms with van der Waals surface area (Å²) in [4.78, 5) is 24.7. The summed E-state index contributed by atoms with van der Waals surface area (Å²) in [7, 11) is 0. The summed E-state index contributed by atoms with van der Waals surface area (Å²) in [5.41, 5.74) is 0. The summed E-state index contributed by atoms with van der Waals surface area (Å²) in [6.07, 6.45) is -5.74. The highest BCUT2D eigenvalue weighted by molar-refractivity contribution is 6.09. The molecule has 21 heavy (non-hydrogen) atoms. The van der Waals surface area contributed by atoms with Gasteiger partial charge in [-0.15, -0.1) is 0 Å². The molecular formula is C9H7F7N2O3. The maximum absolute atomic E-state index is 12.8. The average molecular weight is 324 g/mol. The Morgan fingerprint density at radius 1 is 1.14 bits per heavy atom. The van der Waals surface area contributed by atoms with Crippen LogP contribution in [0.2, 0.25) is 0 Å². The molecule has 1 unspecified atom stereocenters. The molecule has 120 valence electrons. The van der Waals surface area contributed by atoms with E-state index in [1.165, 1.54) is 0 Å². The molecule has 0 saturated heterocycles. The molecule has 0 fully saturated rings. The Labute approximate surface area is 112 Å². The van der Waals surface area contributed by atoms with Gasteiger partial charge in [-0.1, -0.05) is 0 Å². The van der Waals surface area contributed by atoms with Crippen molar-refractivity contribution in [2.75, 3.05) is 13.2 Å². The average Bonchev–Trinajstić information content (AvgIpc) is 2.30. The first-order valence-electron chi connectivity index (χ1n) is 5.17. The van der Waals surface area contributed by atoms with E-state index in [2.05, 4.69) is 9.73 Å². The molecule has 12 heteroatoms. The van der Waals surface area contributed by atoms with Crippen molar-refractivity contribution in [3.63, 3.8) is 0 Å². The molecule has 1 aliphatic rings. The summed E-state index contributed by atoms with van der Waals surface area (Å²) < 4.78 is 90.1. The minimum absolute atomic E-state index is 0.710. The first-order chi connectivity index (χ1) is 9.38. The van der Waals surface area contributed by atoms with Gasteiger partial charge in [0.1, 0.15) is 6.61 Å². The third-order valence-corrected chi connectivity index (χ3v) is 2.33. The number of urea groups is 1. The summed E-state index contributed by atoms with van der Waals surface area (Å²) in [6.45, 7) is -3.20. The van der Waals surface area contributed by atoms with Crippen LogP contribution in [-0.4, -0.2) is 49.4 Å². The zero-order valence-corrected chi connectivity index (χ0v) is 9.89. The number of hydrogen-bond donors (Lipinski definition) is 1. The molecule has 1 rings (SSSR count). The monoisotopic (exact) mass is 324 g/mol. The van der Waals surface area contributed by atoms with E-state index < -0.39 is 49.1 Å². The van der Waals surface area contributed by atoms with Crippen molar-refractivity contribution in [2.45, 2.75) is 18.0 Å². The zero-order chi connectivity index (χ0) is 16.5. The topological polar surface area (TPSA) is 67.8 Å². The van der Waals surface area contributed by atoms with Crippen molar-refractivity contribution in [1.29, 1.82) is 0 Å². The maximum atomic E-state index is 12.8. The molecule has 0 saturated carbocycles. The maximum Gasteiger partial charge on any atom is 0.459 e. The van der Waals surface area contributed by atoms with Gasteiger partial charge in [-0.3, -0.25) is 10.1 Å². The van der Waals surface area contributed by atoms with Gasteiger partial charge >= 0.3 is 24.1 Å². The molecule has 0 spiro atoms. The Hall–Kier alpha value is -1.72. The number of nitrogens with zero attached hydrogens (tertiary/aromatic N) is 1. The molecule has 1 atom stereocenters. The lowest BCUT2D eigenvalue weighted by Gasteiger charge is -2.28. The quantitative estimate of drug-likeness (QED) is 0.784. The van der Waals surface area contributed by atoms with Crippen LogP contribution in [-0.2, 0) is 9.53 Å². The Morgan fingerprint density at radius 3 is 2.19 bits per heavy atom. The number of aliphatic imine (C=N–C) groups is 1. The fraction of sp³-hybridized carbons (Fsp3) is 0.667. The molecule has 1 heterocycles. The predicted molar refractivity (Wildman–Crippen MR) is 52.3 cm³/mol. The number of ether oxygens (including phenoxy) is 1. The van der Waals surface area contributed by atoms with Crippen LogP contribution >= 0.6 is 0 Å². The number of rotatable bonds is 5. The minimum atomic E-state index is -6.45. The van der Waals surface area contributed by atoms with Gasteiger partial charge in [0.25, 0.3) is 0 Å². The number of alkyl halides is 7. The van der Waals surface area contributed by atoms with Crippen LogP contribution in [0.1, 0.15) is 0 Å². The van der Waals surface area contributed by atoms with E-state index in [-0.39, 0.29) is 0 Å². The predicted octanol–water partition coefficient (Wildman–Crippen LogP) is 1.77. The third-order valence-electron chi connectivity index (χ3n) is 2.33. The van der Waals surface area contributed by atoms with Crippen molar-refractivity contribution in [1.82, 2.24) is 5.32 Å². The van der Waals surface area contributed by atoms with Crippen molar-refractivity contribution in [2.24, 2.45) is 10.9 Å². The van der Waals surface area contributed by atoms with Crippen LogP contribution in [0.25, 0.3) is 0 Å². The molecule has 3 amide bonds. The first kappa shape index (κ1) is 17.3. The summed E-state index contributed by atoms with van der Waals surface area (Å²) in [6, 6.07) is -1.02. The van der Waals surface area contributed by atoms with Crippen molar-refractivity contribution < 1.29 is 45.1 Å². The van der Waals surface area contributed by atoms with Gasteiger partial charge in [0.15, 0.2) is 0 Å². The van der Waals surface area contributed by atoms with Crippen LogP contribution in [0.5, 0.6) is 0 Å². The highest BCUT2D eigenvalue weighted by Gasteiger charge is 2.73. The number of carbonyl (C=O) groups excluding carboxylic acids is 2. The lowest BCUT2D eigenvalue weighted by atomic mass is 10.1. The Morgan fingerprint density at radius 2 is 1.71 bits per heavy atom. The van der Waals surface area contributed by atoms with E-state index in [9.17, 15) is 40.3 Å². The molecule has 0 aromatic carbocycles. The van der Waals surface area contributed by atoms with Crippen LogP contribution in [0.4, 0.5) is 35.5 Å². The van der Waals surface area contributed by atoms with Crippen LogP contribution in [0.15, 0.2) is 4.99 Å². The van der Waals surface area contributed by atoms with E-state index in [4.69, 9.17) is 0 Å². The van der Waals surface area contributed by atoms with Gasteiger partial charge in [0.2, 0.25) is 5.91 Å². The van der Waals surface area contributed by atoms with Gasteiger partial charge in [0, 0.05) is 6.21 Å². The van der Waals surface area contributed by atoms with E-state index in [1.807, 2.05) is 0 Å². The SMILES string of the molecule is O=C1N=CC(COCC(F)(F)C(F)(F)C(F)(F)F)C(=O)N1. The Bertz CT molecular complexity index is 461. The molecule has 0 bridgehead atoms. The van der Waals surface area contributed by atoms with Gasteiger partial charge in [-0.2, -0.15) is 30.7 Å². The summed E-state index contributed by atoms with van der Waals surface area (Å²) >= 11 is 0. The van der Waals surface area contributed by atoms with E-state index in [0.717, 1.165) is 0 Å². The normalized spacial score (nSPS) is 20.6. The second-order valence-corrected chi connectivity index (χ2v) is 3.97. The van der Waals surface area contributed by atoms with Crippen LogP contribution in [0.3, 0.4) is 0 Å². The summed E-state index contributed by atoms with van der Waals surface area (Å²) in [5.74, 6) is -14.1. The highest BCUT2D eigenvalue weighted by atomic mass is 19.4. The molecule has 5 nitrogen and oxygen atoms in total. The number of halogens is 7. The number of imide groups is 1. The second kappa shape index (κ2) is 5.58. The molecular weight excluding hydrogens is 317 g/mol. The second-order valence-electron chi connectivity index (χ2n) is 3.97. The number of carbonyl (C=O) groups is 2. The Balaban J connectivity index is 2.61. The molecule has 0 aromatic rings. The molecule has 0 aromatic heterocycles. The molecule has 0 radical (unpaired) electrons. The van der Waals surface area contributed by atoms with Crippen molar-refractivity contribution >= 4 is 18.2 Å².